The summed E-state index contributed by atoms with van der Waals surface area (Å²) < 4.78 is 0. The standard InChI is InChI=1S/C33H49NO.C32H48N2O/c1-21(35)33-16-14-28(2,3)20-24(33)23-9-10-26-30(6)19-22-12-18-34-27(22)29(4,5)25(30)11-13-32(26,8)31(23,7)15-17-33;1-20(35)32-15-13-27(2,3)18-23(32)22-9-10-25-29(6)17-21-19-33-34-26(21)28(4,5)24(29)11-12-31(25,8)30(22,7)14-16-32/h9,12,18,24-26,34-35H,1,10-11,13-17,19-20H2,2-8H3;9,19,23-25,35H,1,10-18H2,2-8H3,(H,33,34)/t24?,25?,26?,30-,31+,32+,33+;23?,24?,25?,29-,30+,31+,32+/m00/s1. The van der Waals surface area contributed by atoms with Gasteiger partial charge in [-0.2, -0.15) is 5.10 Å². The van der Waals surface area contributed by atoms with Gasteiger partial charge in [0.15, 0.2) is 0 Å². The molecule has 0 spiro atoms. The van der Waals surface area contributed by atoms with Gasteiger partial charge in [0.1, 0.15) is 0 Å². The summed E-state index contributed by atoms with van der Waals surface area (Å²) in [4.78, 5) is 3.64. The average Bonchev–Trinajstić information content (AvgIpc) is 3.94. The third kappa shape index (κ3) is 6.11. The molecule has 70 heavy (non-hydrogen) atoms. The van der Waals surface area contributed by atoms with Gasteiger partial charge in [-0.1, -0.05) is 133 Å². The minimum Gasteiger partial charge on any atom is -0.512 e. The molecule has 2 aromatic heterocycles. The highest BCUT2D eigenvalue weighted by Crippen LogP contribution is 2.78. The molecule has 6 saturated carbocycles. The van der Waals surface area contributed by atoms with Crippen LogP contribution in [0.2, 0.25) is 0 Å². The number of rotatable bonds is 2. The van der Waals surface area contributed by atoms with Crippen LogP contribution in [0.15, 0.2) is 66.4 Å². The molecule has 0 aliphatic heterocycles. The number of aliphatic hydroxyl groups is 2. The average molecular weight is 953 g/mol. The molecule has 10 aliphatic carbocycles. The van der Waals surface area contributed by atoms with Crippen molar-refractivity contribution in [3.8, 4) is 0 Å². The Balaban J connectivity index is 0.000000152. The van der Waals surface area contributed by atoms with Gasteiger partial charge in [-0.3, -0.25) is 5.10 Å². The van der Waals surface area contributed by atoms with Crippen molar-refractivity contribution in [2.24, 2.45) is 89.7 Å². The Morgan fingerprint density at radius 2 is 0.971 bits per heavy atom. The molecule has 4 N–H and O–H groups in total. The van der Waals surface area contributed by atoms with Crippen LogP contribution in [0.3, 0.4) is 0 Å². The van der Waals surface area contributed by atoms with Crippen LogP contribution in [0.5, 0.6) is 0 Å². The Morgan fingerprint density at radius 1 is 0.543 bits per heavy atom. The van der Waals surface area contributed by atoms with Crippen LogP contribution in [0.4, 0.5) is 0 Å². The molecule has 14 atom stereocenters. The maximum atomic E-state index is 11.0. The Hall–Kier alpha value is -2.95. The van der Waals surface area contributed by atoms with Crippen LogP contribution in [0, 0.1) is 89.7 Å². The first-order valence-corrected chi connectivity index (χ1v) is 28.8. The normalized spacial score (nSPS) is 47.3. The molecule has 2 aromatic rings. The van der Waals surface area contributed by atoms with E-state index in [1.165, 1.54) is 100 Å². The summed E-state index contributed by atoms with van der Waals surface area (Å²) in [5, 5.41) is 29.9. The third-order valence-electron chi connectivity index (χ3n) is 26.7. The zero-order valence-electron chi connectivity index (χ0n) is 46.8. The highest BCUT2D eigenvalue weighted by atomic mass is 16.3. The van der Waals surface area contributed by atoms with Gasteiger partial charge in [0, 0.05) is 39.2 Å². The van der Waals surface area contributed by atoms with E-state index >= 15 is 0 Å². The lowest BCUT2D eigenvalue weighted by molar-refractivity contribution is -0.159. The molecular formula is C65H97N3O2. The second kappa shape index (κ2) is 14.9. The molecule has 0 radical (unpaired) electrons. The fraction of sp³-hybridized carbons (Fsp3) is 0.769. The van der Waals surface area contributed by atoms with Gasteiger partial charge in [-0.05, 0) is 212 Å². The van der Waals surface area contributed by atoms with Gasteiger partial charge in [0.25, 0.3) is 0 Å². The number of aromatic nitrogens is 3. The molecule has 6 fully saturated rings. The quantitative estimate of drug-likeness (QED) is 0.179. The first-order chi connectivity index (χ1) is 32.4. The van der Waals surface area contributed by atoms with Crippen LogP contribution >= 0.6 is 0 Å². The van der Waals surface area contributed by atoms with Crippen molar-refractivity contribution in [1.82, 2.24) is 15.2 Å². The summed E-state index contributed by atoms with van der Waals surface area (Å²) in [6.45, 7) is 44.0. The monoisotopic (exact) mass is 952 g/mol. The number of fused-ring (bicyclic) bond motifs is 16. The molecule has 0 amide bonds. The fourth-order valence-electron chi connectivity index (χ4n) is 22.4. The van der Waals surface area contributed by atoms with E-state index in [-0.39, 0.29) is 43.3 Å². The second-order valence-corrected chi connectivity index (χ2v) is 31.1. The summed E-state index contributed by atoms with van der Waals surface area (Å²) in [5.74, 6) is 4.58. The summed E-state index contributed by atoms with van der Waals surface area (Å²) in [6.07, 6.45) is 31.2. The maximum absolute atomic E-state index is 11.0. The highest BCUT2D eigenvalue weighted by Gasteiger charge is 2.71. The summed E-state index contributed by atoms with van der Waals surface area (Å²) >= 11 is 0. The molecule has 10 aliphatic rings. The predicted molar refractivity (Wildman–Crippen MR) is 288 cm³/mol. The van der Waals surface area contributed by atoms with E-state index in [0.29, 0.717) is 68.7 Å². The van der Waals surface area contributed by atoms with Crippen molar-refractivity contribution in [3.05, 3.63) is 88.9 Å². The first-order valence-electron chi connectivity index (χ1n) is 28.8. The smallest absolute Gasteiger partial charge is 0.0918 e. The number of aliphatic hydroxyl groups excluding tert-OH is 2. The van der Waals surface area contributed by atoms with Gasteiger partial charge in [0.05, 0.1) is 17.7 Å². The highest BCUT2D eigenvalue weighted by molar-refractivity contribution is 5.42. The van der Waals surface area contributed by atoms with Gasteiger partial charge in [-0.15, -0.1) is 0 Å². The second-order valence-electron chi connectivity index (χ2n) is 31.1. The lowest BCUT2D eigenvalue weighted by atomic mass is 9.33. The van der Waals surface area contributed by atoms with Crippen molar-refractivity contribution < 1.29 is 10.2 Å². The van der Waals surface area contributed by atoms with Gasteiger partial charge < -0.3 is 15.2 Å². The molecule has 0 saturated heterocycles. The van der Waals surface area contributed by atoms with E-state index in [1.54, 1.807) is 16.7 Å². The van der Waals surface area contributed by atoms with Crippen molar-refractivity contribution in [1.29, 1.82) is 0 Å². The zero-order valence-corrected chi connectivity index (χ0v) is 46.8. The number of aromatic amines is 2. The Kier molecular flexibility index (Phi) is 10.5. The summed E-state index contributed by atoms with van der Waals surface area (Å²) in [7, 11) is 0. The molecule has 2 heterocycles. The topological polar surface area (TPSA) is 84.9 Å². The predicted octanol–water partition coefficient (Wildman–Crippen LogP) is 17.2. The molecule has 12 rings (SSSR count). The Labute approximate surface area is 425 Å². The lowest BCUT2D eigenvalue weighted by Gasteiger charge is -2.71. The van der Waals surface area contributed by atoms with Crippen molar-refractivity contribution >= 4 is 0 Å². The van der Waals surface area contributed by atoms with E-state index in [2.05, 4.69) is 156 Å². The third-order valence-corrected chi connectivity index (χ3v) is 26.7. The lowest BCUT2D eigenvalue weighted by Crippen LogP contribution is -2.64. The Morgan fingerprint density at radius 3 is 1.43 bits per heavy atom. The number of hydrogen-bond acceptors (Lipinski definition) is 3. The molecule has 6 unspecified atom stereocenters. The molecule has 384 valence electrons. The number of nitrogens with zero attached hydrogens (tertiary/aromatic N) is 1. The first kappa shape index (κ1) is 49.3. The van der Waals surface area contributed by atoms with Gasteiger partial charge >= 0.3 is 0 Å². The van der Waals surface area contributed by atoms with E-state index in [1.807, 2.05) is 0 Å². The van der Waals surface area contributed by atoms with Crippen LogP contribution in [-0.2, 0) is 23.7 Å². The zero-order chi connectivity index (χ0) is 50.5. The van der Waals surface area contributed by atoms with Crippen LogP contribution in [0.25, 0.3) is 0 Å². The largest absolute Gasteiger partial charge is 0.512 e. The number of hydrogen-bond donors (Lipinski definition) is 4. The SMILES string of the molecule is C=C(O)[C@]12CCC(C)(C)CC1C1=CCC3[C@@]4(C)Cc5cc[nH]c5C(C)(C)C4CC[C@@]3(C)[C@]1(C)CC2.C=C(O)[C@]12CCC(C)(C)CC1C1=CCC3[C@@]4(C)Cc5cn[nH]c5C(C)(C)C4CC[C@@]3(C)[C@]1(C)CC2. The van der Waals surface area contributed by atoms with E-state index in [9.17, 15) is 10.2 Å². The number of allylic oxidation sites excluding steroid dienone is 6. The van der Waals surface area contributed by atoms with E-state index < -0.39 is 0 Å². The molecular weight excluding hydrogens is 855 g/mol. The minimum atomic E-state index is -0.107. The van der Waals surface area contributed by atoms with Crippen LogP contribution in [0.1, 0.15) is 222 Å². The number of nitrogens with one attached hydrogen (secondary N) is 2. The fourth-order valence-corrected chi connectivity index (χ4v) is 22.4. The van der Waals surface area contributed by atoms with Crippen LogP contribution < -0.4 is 0 Å². The molecule has 5 heteroatoms. The summed E-state index contributed by atoms with van der Waals surface area (Å²) in [5.41, 5.74) is 11.7. The maximum Gasteiger partial charge on any atom is 0.0918 e. The molecule has 0 aromatic carbocycles. The molecule has 5 nitrogen and oxygen atoms in total. The van der Waals surface area contributed by atoms with Crippen molar-refractivity contribution in [3.63, 3.8) is 0 Å². The van der Waals surface area contributed by atoms with E-state index in [0.717, 1.165) is 32.1 Å². The minimum absolute atomic E-state index is 0.0992. The Bertz CT molecular complexity index is 2390. The number of H-pyrrole nitrogens is 2. The summed E-state index contributed by atoms with van der Waals surface area (Å²) in [6, 6.07) is 2.36. The molecule has 0 bridgehead atoms. The van der Waals surface area contributed by atoms with Gasteiger partial charge in [-0.25, -0.2) is 0 Å². The van der Waals surface area contributed by atoms with Gasteiger partial charge in [0.2, 0.25) is 0 Å². The van der Waals surface area contributed by atoms with E-state index in [4.69, 9.17) is 0 Å². The van der Waals surface area contributed by atoms with Crippen LogP contribution in [-0.4, -0.2) is 25.4 Å². The van der Waals surface area contributed by atoms with Crippen molar-refractivity contribution in [2.45, 2.75) is 223 Å². The van der Waals surface area contributed by atoms with Crippen molar-refractivity contribution in [2.75, 3.05) is 0 Å².